The maximum Gasteiger partial charge on any atom is 0.328 e. The zero-order chi connectivity index (χ0) is 23.4. The SMILES string of the molecule is CCCc1c(CN(C)C)cccc1Oc1cc(Cl)ccc1C#N.O=C(O)C=CC(=O)O. The van der Waals surface area contributed by atoms with Crippen molar-refractivity contribution in [1.82, 2.24) is 4.90 Å². The van der Waals surface area contributed by atoms with Gasteiger partial charge >= 0.3 is 11.9 Å². The number of nitriles is 1. The van der Waals surface area contributed by atoms with Crippen molar-refractivity contribution in [3.8, 4) is 17.6 Å². The molecular weight excluding hydrogens is 420 g/mol. The quantitative estimate of drug-likeness (QED) is 0.566. The molecule has 7 nitrogen and oxygen atoms in total. The molecule has 0 spiro atoms. The second kappa shape index (κ2) is 13.1. The molecule has 0 aliphatic rings. The van der Waals surface area contributed by atoms with Gasteiger partial charge in [0.05, 0.1) is 5.56 Å². The van der Waals surface area contributed by atoms with Crippen molar-refractivity contribution in [2.75, 3.05) is 14.1 Å². The van der Waals surface area contributed by atoms with Gasteiger partial charge in [-0.25, -0.2) is 9.59 Å². The highest BCUT2D eigenvalue weighted by Gasteiger charge is 2.13. The Morgan fingerprint density at radius 3 is 2.29 bits per heavy atom. The number of carbonyl (C=O) groups is 2. The molecule has 0 bridgehead atoms. The average molecular weight is 445 g/mol. The molecule has 2 rings (SSSR count). The summed E-state index contributed by atoms with van der Waals surface area (Å²) in [7, 11) is 4.10. The molecule has 0 saturated heterocycles. The van der Waals surface area contributed by atoms with Crippen LogP contribution in [-0.4, -0.2) is 41.1 Å². The van der Waals surface area contributed by atoms with E-state index in [0.717, 1.165) is 25.1 Å². The van der Waals surface area contributed by atoms with Crippen LogP contribution in [0.15, 0.2) is 48.6 Å². The van der Waals surface area contributed by atoms with Crippen LogP contribution in [-0.2, 0) is 22.6 Å². The van der Waals surface area contributed by atoms with Gasteiger partial charge in [0.25, 0.3) is 0 Å². The smallest absolute Gasteiger partial charge is 0.328 e. The standard InChI is InChI=1S/C19H21ClN2O.C4H4O4/c1-4-6-17-15(13-22(2)3)7-5-8-18(17)23-19-11-16(20)10-9-14(19)12-21;5-3(6)1-2-4(7)8/h5,7-11H,4,6,13H2,1-3H3;1-2H,(H,5,6)(H,7,8). The van der Waals surface area contributed by atoms with Gasteiger partial charge in [-0.3, -0.25) is 0 Å². The van der Waals surface area contributed by atoms with E-state index >= 15 is 0 Å². The minimum absolute atomic E-state index is 0.481. The van der Waals surface area contributed by atoms with Gasteiger partial charge < -0.3 is 19.8 Å². The molecule has 0 unspecified atom stereocenters. The molecular formula is C23H25ClN2O5. The van der Waals surface area contributed by atoms with Crippen molar-refractivity contribution in [2.45, 2.75) is 26.3 Å². The van der Waals surface area contributed by atoms with E-state index in [1.807, 2.05) is 26.2 Å². The largest absolute Gasteiger partial charge is 0.478 e. The minimum Gasteiger partial charge on any atom is -0.478 e. The van der Waals surface area contributed by atoms with E-state index in [0.29, 0.717) is 28.5 Å². The number of hydrogen-bond acceptors (Lipinski definition) is 5. The molecule has 2 N–H and O–H groups in total. The Labute approximate surface area is 186 Å². The Hall–Kier alpha value is -3.34. The lowest BCUT2D eigenvalue weighted by Crippen LogP contribution is -2.12. The van der Waals surface area contributed by atoms with Gasteiger partial charge in [0, 0.05) is 29.8 Å². The van der Waals surface area contributed by atoms with E-state index in [4.69, 9.17) is 26.6 Å². The highest BCUT2D eigenvalue weighted by Crippen LogP contribution is 2.32. The Morgan fingerprint density at radius 2 is 1.77 bits per heavy atom. The summed E-state index contributed by atoms with van der Waals surface area (Å²) in [5.74, 6) is -1.22. The molecule has 164 valence electrons. The Kier molecular flexibility index (Phi) is 10.8. The van der Waals surface area contributed by atoms with Crippen LogP contribution in [0.25, 0.3) is 0 Å². The van der Waals surface area contributed by atoms with E-state index in [1.54, 1.807) is 18.2 Å². The molecule has 8 heteroatoms. The maximum atomic E-state index is 9.55. The summed E-state index contributed by atoms with van der Waals surface area (Å²) in [6.45, 7) is 3.00. The number of hydrogen-bond donors (Lipinski definition) is 2. The van der Waals surface area contributed by atoms with Crippen molar-refractivity contribution in [3.63, 3.8) is 0 Å². The number of benzene rings is 2. The molecule has 0 saturated carbocycles. The summed E-state index contributed by atoms with van der Waals surface area (Å²) in [4.78, 5) is 21.2. The second-order valence-corrected chi connectivity index (χ2v) is 7.18. The zero-order valence-electron chi connectivity index (χ0n) is 17.6. The molecule has 0 radical (unpaired) electrons. The molecule has 0 fully saturated rings. The van der Waals surface area contributed by atoms with E-state index in [-0.39, 0.29) is 0 Å². The Bertz CT molecular complexity index is 964. The fourth-order valence-corrected chi connectivity index (χ4v) is 2.83. The summed E-state index contributed by atoms with van der Waals surface area (Å²) in [6.07, 6.45) is 3.08. The third-order valence-corrected chi connectivity index (χ3v) is 4.10. The normalized spacial score (nSPS) is 10.3. The minimum atomic E-state index is -1.26. The van der Waals surface area contributed by atoms with Gasteiger partial charge in [-0.1, -0.05) is 37.1 Å². The third kappa shape index (κ3) is 9.34. The highest BCUT2D eigenvalue weighted by molar-refractivity contribution is 6.30. The Balaban J connectivity index is 0.000000512. The lowest BCUT2D eigenvalue weighted by atomic mass is 10.0. The van der Waals surface area contributed by atoms with Crippen LogP contribution in [0.2, 0.25) is 5.02 Å². The van der Waals surface area contributed by atoms with Crippen LogP contribution in [0, 0.1) is 11.3 Å². The van der Waals surface area contributed by atoms with Crippen molar-refractivity contribution >= 4 is 23.5 Å². The van der Waals surface area contributed by atoms with Crippen molar-refractivity contribution in [2.24, 2.45) is 0 Å². The van der Waals surface area contributed by atoms with E-state index in [2.05, 4.69) is 24.0 Å². The summed E-state index contributed by atoms with van der Waals surface area (Å²) >= 11 is 6.05. The molecule has 0 aromatic heterocycles. The predicted molar refractivity (Wildman–Crippen MR) is 118 cm³/mol. The molecule has 0 aliphatic carbocycles. The van der Waals surface area contributed by atoms with Gasteiger partial charge in [0.1, 0.15) is 17.6 Å². The van der Waals surface area contributed by atoms with Crippen LogP contribution in [0.5, 0.6) is 11.5 Å². The monoisotopic (exact) mass is 444 g/mol. The number of aliphatic carboxylic acids is 2. The molecule has 0 atom stereocenters. The van der Waals surface area contributed by atoms with Crippen LogP contribution in [0.1, 0.15) is 30.0 Å². The fraction of sp³-hybridized carbons (Fsp3) is 0.261. The van der Waals surface area contributed by atoms with Crippen molar-refractivity contribution < 1.29 is 24.5 Å². The van der Waals surface area contributed by atoms with Crippen LogP contribution < -0.4 is 4.74 Å². The van der Waals surface area contributed by atoms with E-state index in [1.165, 1.54) is 11.1 Å². The average Bonchev–Trinajstić information content (AvgIpc) is 2.69. The van der Waals surface area contributed by atoms with E-state index < -0.39 is 11.9 Å². The summed E-state index contributed by atoms with van der Waals surface area (Å²) < 4.78 is 6.06. The first kappa shape index (κ1) is 25.7. The highest BCUT2D eigenvalue weighted by atomic mass is 35.5. The molecule has 0 heterocycles. The number of ether oxygens (including phenoxy) is 1. The van der Waals surface area contributed by atoms with Crippen molar-refractivity contribution in [3.05, 3.63) is 70.3 Å². The zero-order valence-corrected chi connectivity index (χ0v) is 18.4. The third-order valence-electron chi connectivity index (χ3n) is 3.87. The van der Waals surface area contributed by atoms with Gasteiger partial charge in [0.15, 0.2) is 0 Å². The fourth-order valence-electron chi connectivity index (χ4n) is 2.66. The molecule has 0 amide bonds. The molecule has 31 heavy (non-hydrogen) atoms. The first-order valence-electron chi connectivity index (χ1n) is 9.44. The van der Waals surface area contributed by atoms with Crippen LogP contribution in [0.4, 0.5) is 0 Å². The number of carboxylic acids is 2. The summed E-state index contributed by atoms with van der Waals surface area (Å²) in [5.41, 5.74) is 2.91. The maximum absolute atomic E-state index is 9.55. The number of rotatable bonds is 8. The Morgan fingerprint density at radius 1 is 1.13 bits per heavy atom. The molecule has 2 aromatic rings. The predicted octanol–water partition coefficient (Wildman–Crippen LogP) is 4.73. The van der Waals surface area contributed by atoms with Crippen molar-refractivity contribution in [1.29, 1.82) is 5.26 Å². The first-order valence-corrected chi connectivity index (χ1v) is 9.82. The number of halogens is 1. The van der Waals surface area contributed by atoms with Gasteiger partial charge in [-0.2, -0.15) is 5.26 Å². The lowest BCUT2D eigenvalue weighted by Gasteiger charge is -2.18. The summed E-state index contributed by atoms with van der Waals surface area (Å²) in [5, 5.41) is 25.4. The molecule has 2 aromatic carbocycles. The lowest BCUT2D eigenvalue weighted by molar-refractivity contribution is -0.134. The second-order valence-electron chi connectivity index (χ2n) is 6.75. The van der Waals surface area contributed by atoms with Crippen LogP contribution in [0.3, 0.4) is 0 Å². The van der Waals surface area contributed by atoms with Gasteiger partial charge in [0.2, 0.25) is 0 Å². The van der Waals surface area contributed by atoms with E-state index in [9.17, 15) is 14.9 Å². The van der Waals surface area contributed by atoms with Gasteiger partial charge in [-0.15, -0.1) is 0 Å². The topological polar surface area (TPSA) is 111 Å². The number of carboxylic acid groups (broad SMARTS) is 2. The molecule has 0 aliphatic heterocycles. The van der Waals surface area contributed by atoms with Crippen LogP contribution >= 0.6 is 11.6 Å². The summed E-state index contributed by atoms with van der Waals surface area (Å²) in [6, 6.07) is 13.3. The first-order chi connectivity index (χ1) is 14.7. The number of nitrogens with zero attached hydrogens (tertiary/aromatic N) is 2. The van der Waals surface area contributed by atoms with Gasteiger partial charge in [-0.05, 0) is 49.8 Å².